The molecule has 25 heavy (non-hydrogen) atoms. The van der Waals surface area contributed by atoms with E-state index < -0.39 is 12.0 Å². The molecule has 0 aliphatic carbocycles. The maximum Gasteiger partial charge on any atom is 0.453 e. The molecule has 1 N–H and O–H groups in total. The van der Waals surface area contributed by atoms with Crippen LogP contribution in [0.4, 0.5) is 19.0 Å². The van der Waals surface area contributed by atoms with Gasteiger partial charge in [-0.25, -0.2) is 0 Å². The van der Waals surface area contributed by atoms with Gasteiger partial charge in [-0.1, -0.05) is 6.07 Å². The van der Waals surface area contributed by atoms with Gasteiger partial charge in [-0.15, -0.1) is 15.3 Å². The molecule has 0 bridgehead atoms. The smallest absolute Gasteiger partial charge is 0.453 e. The number of nitrogens with zero attached hydrogens (tertiary/aromatic N) is 4. The first-order valence-corrected chi connectivity index (χ1v) is 7.49. The summed E-state index contributed by atoms with van der Waals surface area (Å²) in [5, 5.41) is 13.7. The van der Waals surface area contributed by atoms with E-state index in [1.54, 1.807) is 13.2 Å². The first-order chi connectivity index (χ1) is 11.8. The van der Waals surface area contributed by atoms with Crippen LogP contribution in [0.2, 0.25) is 0 Å². The lowest BCUT2D eigenvalue weighted by Crippen LogP contribution is -2.14. The number of rotatable bonds is 4. The minimum Gasteiger partial charge on any atom is -0.497 e. The minimum atomic E-state index is -4.62. The van der Waals surface area contributed by atoms with Crippen molar-refractivity contribution in [2.75, 3.05) is 12.4 Å². The molecule has 0 amide bonds. The summed E-state index contributed by atoms with van der Waals surface area (Å²) in [6.07, 6.45) is -4.62. The van der Waals surface area contributed by atoms with Gasteiger partial charge in [-0.05, 0) is 49.2 Å². The monoisotopic (exact) mass is 351 g/mol. The van der Waals surface area contributed by atoms with E-state index in [-0.39, 0.29) is 17.5 Å². The number of anilines is 1. The molecule has 132 valence electrons. The highest BCUT2D eigenvalue weighted by molar-refractivity contribution is 5.46. The molecule has 0 spiro atoms. The maximum absolute atomic E-state index is 12.9. The van der Waals surface area contributed by atoms with Crippen molar-refractivity contribution in [3.63, 3.8) is 0 Å². The number of halogens is 3. The Morgan fingerprint density at radius 3 is 2.60 bits per heavy atom. The van der Waals surface area contributed by atoms with Gasteiger partial charge in [0.25, 0.3) is 5.82 Å². The fourth-order valence-corrected chi connectivity index (χ4v) is 2.49. The van der Waals surface area contributed by atoms with Gasteiger partial charge in [0.1, 0.15) is 11.6 Å². The Hall–Kier alpha value is -2.84. The molecule has 1 atom stereocenters. The van der Waals surface area contributed by atoms with Crippen LogP contribution in [0.1, 0.15) is 29.9 Å². The number of aryl methyl sites for hydroxylation is 1. The lowest BCUT2D eigenvalue weighted by molar-refractivity contribution is -0.146. The van der Waals surface area contributed by atoms with E-state index in [0.717, 1.165) is 11.1 Å². The van der Waals surface area contributed by atoms with Crippen LogP contribution in [-0.2, 0) is 6.18 Å². The van der Waals surface area contributed by atoms with Gasteiger partial charge in [-0.3, -0.25) is 0 Å². The average molecular weight is 351 g/mol. The zero-order valence-corrected chi connectivity index (χ0v) is 13.8. The van der Waals surface area contributed by atoms with Crippen LogP contribution in [-0.4, -0.2) is 26.9 Å². The van der Waals surface area contributed by atoms with Crippen molar-refractivity contribution in [2.45, 2.75) is 26.1 Å². The minimum absolute atomic E-state index is 0.0303. The van der Waals surface area contributed by atoms with Crippen molar-refractivity contribution in [2.24, 2.45) is 0 Å². The molecule has 0 saturated carbocycles. The third-order valence-electron chi connectivity index (χ3n) is 3.69. The number of aromatic nitrogens is 4. The number of ether oxygens (including phenoxy) is 1. The topological polar surface area (TPSA) is 64.3 Å². The van der Waals surface area contributed by atoms with Crippen LogP contribution in [0.3, 0.4) is 0 Å². The number of benzene rings is 1. The Morgan fingerprint density at radius 2 is 1.92 bits per heavy atom. The van der Waals surface area contributed by atoms with Gasteiger partial charge >= 0.3 is 6.18 Å². The largest absolute Gasteiger partial charge is 0.497 e. The Bertz CT molecular complexity index is 906. The van der Waals surface area contributed by atoms with Gasteiger partial charge in [0.2, 0.25) is 0 Å². The molecule has 0 saturated heterocycles. The number of hydrogen-bond acceptors (Lipinski definition) is 5. The molecule has 0 aliphatic heterocycles. The average Bonchev–Trinajstić information content (AvgIpc) is 2.97. The molecule has 0 radical (unpaired) electrons. The molecule has 6 nitrogen and oxygen atoms in total. The van der Waals surface area contributed by atoms with Crippen LogP contribution in [0.15, 0.2) is 30.3 Å². The van der Waals surface area contributed by atoms with Crippen molar-refractivity contribution >= 4 is 11.5 Å². The molecule has 0 aliphatic rings. The zero-order chi connectivity index (χ0) is 18.2. The van der Waals surface area contributed by atoms with E-state index in [9.17, 15) is 13.2 Å². The molecule has 3 aromatic rings. The number of hydrogen-bond donors (Lipinski definition) is 1. The Balaban J connectivity index is 1.91. The highest BCUT2D eigenvalue weighted by Crippen LogP contribution is 2.28. The molecular weight excluding hydrogens is 335 g/mol. The van der Waals surface area contributed by atoms with Crippen LogP contribution >= 0.6 is 0 Å². The normalized spacial score (nSPS) is 13.0. The Kier molecular flexibility index (Phi) is 4.23. The Labute approximate surface area is 141 Å². The van der Waals surface area contributed by atoms with Crippen LogP contribution in [0.25, 0.3) is 5.65 Å². The first-order valence-electron chi connectivity index (χ1n) is 7.49. The summed E-state index contributed by atoms with van der Waals surface area (Å²) < 4.78 is 44.8. The van der Waals surface area contributed by atoms with Crippen LogP contribution in [0.5, 0.6) is 5.75 Å². The second kappa shape index (κ2) is 6.23. The molecule has 2 aromatic heterocycles. The second-order valence-corrected chi connectivity index (χ2v) is 5.66. The van der Waals surface area contributed by atoms with E-state index in [1.165, 1.54) is 6.07 Å². The van der Waals surface area contributed by atoms with Crippen molar-refractivity contribution in [1.82, 2.24) is 19.8 Å². The van der Waals surface area contributed by atoms with Gasteiger partial charge in [0, 0.05) is 0 Å². The second-order valence-electron chi connectivity index (χ2n) is 5.66. The van der Waals surface area contributed by atoms with E-state index in [2.05, 4.69) is 20.6 Å². The highest BCUT2D eigenvalue weighted by atomic mass is 19.4. The quantitative estimate of drug-likeness (QED) is 0.778. The van der Waals surface area contributed by atoms with Gasteiger partial charge in [0.05, 0.1) is 13.2 Å². The lowest BCUT2D eigenvalue weighted by atomic mass is 10.1. The van der Waals surface area contributed by atoms with E-state index in [4.69, 9.17) is 4.74 Å². The van der Waals surface area contributed by atoms with Crippen molar-refractivity contribution in [1.29, 1.82) is 0 Å². The summed E-state index contributed by atoms with van der Waals surface area (Å²) in [7, 11) is 1.58. The van der Waals surface area contributed by atoms with Gasteiger partial charge < -0.3 is 10.1 Å². The summed E-state index contributed by atoms with van der Waals surface area (Å²) in [6, 6.07) is 8.54. The third-order valence-corrected chi connectivity index (χ3v) is 3.69. The van der Waals surface area contributed by atoms with E-state index in [0.29, 0.717) is 10.3 Å². The number of alkyl halides is 3. The molecule has 0 unspecified atom stereocenters. The highest BCUT2D eigenvalue weighted by Gasteiger charge is 2.37. The summed E-state index contributed by atoms with van der Waals surface area (Å²) >= 11 is 0. The zero-order valence-electron chi connectivity index (χ0n) is 13.8. The molecule has 1 aromatic carbocycles. The molecule has 9 heteroatoms. The summed E-state index contributed by atoms with van der Waals surface area (Å²) in [6.45, 7) is 3.83. The molecule has 3 rings (SSSR count). The van der Waals surface area contributed by atoms with E-state index in [1.807, 2.05) is 32.0 Å². The molecule has 0 fully saturated rings. The SMILES string of the molecule is COc1cc(C)cc([C@@H](C)Nc2ccc3nnc(C(F)(F)F)n3n2)c1. The van der Waals surface area contributed by atoms with Crippen LogP contribution in [0, 0.1) is 6.92 Å². The van der Waals surface area contributed by atoms with Crippen molar-refractivity contribution < 1.29 is 17.9 Å². The van der Waals surface area contributed by atoms with Crippen molar-refractivity contribution in [3.05, 3.63) is 47.3 Å². The fourth-order valence-electron chi connectivity index (χ4n) is 2.49. The van der Waals surface area contributed by atoms with Crippen LogP contribution < -0.4 is 10.1 Å². The predicted molar refractivity (Wildman–Crippen MR) is 85.6 cm³/mol. The first kappa shape index (κ1) is 17.0. The number of fused-ring (bicyclic) bond motifs is 1. The summed E-state index contributed by atoms with van der Waals surface area (Å²) in [5.41, 5.74) is 1.98. The Morgan fingerprint density at radius 1 is 1.16 bits per heavy atom. The summed E-state index contributed by atoms with van der Waals surface area (Å²) in [5.74, 6) is -0.160. The van der Waals surface area contributed by atoms with E-state index >= 15 is 0 Å². The van der Waals surface area contributed by atoms with Gasteiger partial charge in [0.15, 0.2) is 5.65 Å². The number of nitrogens with one attached hydrogen (secondary N) is 1. The standard InChI is InChI=1S/C16H16F3N5O/c1-9-6-11(8-12(7-9)25-3)10(2)20-13-4-5-14-21-22-15(16(17,18)19)24(14)23-13/h4-8,10H,1-3H3,(H,20,23)/t10-/m1/s1. The molecular formula is C16H16F3N5O. The summed E-state index contributed by atoms with van der Waals surface area (Å²) in [4.78, 5) is 0. The molecule has 2 heterocycles. The predicted octanol–water partition coefficient (Wildman–Crippen LogP) is 3.63. The third kappa shape index (κ3) is 3.49. The van der Waals surface area contributed by atoms with Gasteiger partial charge in [-0.2, -0.15) is 17.7 Å². The lowest BCUT2D eigenvalue weighted by Gasteiger charge is -2.17. The van der Waals surface area contributed by atoms with Crippen molar-refractivity contribution in [3.8, 4) is 5.75 Å². The maximum atomic E-state index is 12.9. The fraction of sp³-hybridized carbons (Fsp3) is 0.312. The number of methoxy groups -OCH3 is 1.